The lowest BCUT2D eigenvalue weighted by Gasteiger charge is -2.46. The molecule has 0 bridgehead atoms. The Morgan fingerprint density at radius 1 is 0.461 bits per heavy atom. The second-order valence-electron chi connectivity index (χ2n) is 22.9. The lowest BCUT2D eigenvalue weighted by molar-refractivity contribution is -0.359. The quantitative estimate of drug-likeness (QED) is 0.0204. The van der Waals surface area contributed by atoms with Gasteiger partial charge in [-0.05, 0) is 19.3 Å². The van der Waals surface area contributed by atoms with E-state index in [1.54, 1.807) is 6.08 Å². The Bertz CT molecular complexity index is 1330. The van der Waals surface area contributed by atoms with Crippen LogP contribution in [-0.4, -0.2) is 140 Å². The highest BCUT2D eigenvalue weighted by atomic mass is 16.7. The molecule has 2 fully saturated rings. The van der Waals surface area contributed by atoms with E-state index >= 15 is 0 Å². The molecule has 12 unspecified atom stereocenters. The lowest BCUT2D eigenvalue weighted by atomic mass is 9.97. The number of aliphatic hydroxyl groups is 8. The number of carbonyl (C=O) groups is 1. The molecule has 12 atom stereocenters. The minimum atomic E-state index is -1.78. The molecule has 0 aliphatic carbocycles. The Balaban J connectivity index is 1.52. The second kappa shape index (κ2) is 48.4. The molecule has 2 aliphatic rings. The van der Waals surface area contributed by atoms with Gasteiger partial charge >= 0.3 is 0 Å². The van der Waals surface area contributed by atoms with Crippen molar-refractivity contribution in [3.63, 3.8) is 0 Å². The maximum absolute atomic E-state index is 13.2. The maximum Gasteiger partial charge on any atom is 0.220 e. The van der Waals surface area contributed by atoms with Gasteiger partial charge in [0.15, 0.2) is 12.6 Å². The summed E-state index contributed by atoms with van der Waals surface area (Å²) in [5.74, 6) is -0.238. The van der Waals surface area contributed by atoms with Gasteiger partial charge in [-0.15, -0.1) is 0 Å². The van der Waals surface area contributed by atoms with Crippen molar-refractivity contribution >= 4 is 5.91 Å². The Kier molecular flexibility index (Phi) is 45.1. The second-order valence-corrected chi connectivity index (χ2v) is 22.9. The largest absolute Gasteiger partial charge is 0.394 e. The molecule has 14 nitrogen and oxygen atoms in total. The molecule has 0 spiro atoms. The summed E-state index contributed by atoms with van der Waals surface area (Å²) < 4.78 is 22.7. The highest BCUT2D eigenvalue weighted by molar-refractivity contribution is 5.76. The summed E-state index contributed by atoms with van der Waals surface area (Å²) in [7, 11) is 0. The summed E-state index contributed by atoms with van der Waals surface area (Å²) in [6.07, 6.45) is 40.6. The molecule has 0 aromatic heterocycles. The molecule has 14 heteroatoms. The third kappa shape index (κ3) is 33.5. The predicted molar refractivity (Wildman–Crippen MR) is 305 cm³/mol. The van der Waals surface area contributed by atoms with E-state index in [0.717, 1.165) is 51.4 Å². The normalized spacial score (nSPS) is 24.9. The standard InChI is InChI=1S/C62H119NO13/c1-3-5-7-9-11-12-13-14-15-16-17-18-19-20-21-22-23-24-25-26-27-28-29-30-31-32-33-34-35-36-37-38-40-42-44-46-54(67)63-50(51(66)45-43-41-39-10-8-6-4-2)49-73-61-59(72)57(70)60(53(48-65)75-61)76-62-58(71)56(69)55(68)52(47-64)74-62/h43,45,50-53,55-62,64-66,68-72H,3-42,44,46-49H2,1-2H3,(H,63,67)/b45-43+. The zero-order valence-electron chi connectivity index (χ0n) is 48.5. The van der Waals surface area contributed by atoms with Crippen molar-refractivity contribution in [2.75, 3.05) is 19.8 Å². The summed E-state index contributed by atoms with van der Waals surface area (Å²) in [5.41, 5.74) is 0. The fourth-order valence-corrected chi connectivity index (χ4v) is 10.8. The summed E-state index contributed by atoms with van der Waals surface area (Å²) in [6, 6.07) is -0.907. The molecule has 2 rings (SSSR count). The summed E-state index contributed by atoms with van der Waals surface area (Å²) in [6.45, 7) is 2.75. The molecule has 0 aromatic rings. The zero-order valence-corrected chi connectivity index (χ0v) is 48.5. The first-order valence-corrected chi connectivity index (χ1v) is 31.9. The summed E-state index contributed by atoms with van der Waals surface area (Å²) in [4.78, 5) is 13.2. The number of rotatable bonds is 52. The molecule has 76 heavy (non-hydrogen) atoms. The average Bonchev–Trinajstić information content (AvgIpc) is 3.42. The number of hydrogen-bond donors (Lipinski definition) is 9. The van der Waals surface area contributed by atoms with E-state index in [1.807, 2.05) is 6.08 Å². The third-order valence-electron chi connectivity index (χ3n) is 16.0. The molecule has 0 aromatic carbocycles. The van der Waals surface area contributed by atoms with Crippen LogP contribution in [-0.2, 0) is 23.7 Å². The van der Waals surface area contributed by atoms with Crippen LogP contribution in [0.2, 0.25) is 0 Å². The molecular weight excluding hydrogens is 967 g/mol. The predicted octanol–water partition coefficient (Wildman–Crippen LogP) is 11.5. The third-order valence-corrected chi connectivity index (χ3v) is 16.0. The zero-order chi connectivity index (χ0) is 55.3. The average molecular weight is 1090 g/mol. The topological polar surface area (TPSA) is 228 Å². The highest BCUT2D eigenvalue weighted by Crippen LogP contribution is 2.30. The molecule has 9 N–H and O–H groups in total. The van der Waals surface area contributed by atoms with Gasteiger partial charge in [0.25, 0.3) is 0 Å². The maximum atomic E-state index is 13.2. The van der Waals surface area contributed by atoms with Gasteiger partial charge in [0.05, 0.1) is 32.0 Å². The van der Waals surface area contributed by atoms with E-state index in [2.05, 4.69) is 19.2 Å². The van der Waals surface area contributed by atoms with Crippen LogP contribution in [0.5, 0.6) is 0 Å². The van der Waals surface area contributed by atoms with Gasteiger partial charge in [-0.25, -0.2) is 0 Å². The Morgan fingerprint density at radius 2 is 0.816 bits per heavy atom. The van der Waals surface area contributed by atoms with E-state index in [4.69, 9.17) is 18.9 Å². The lowest BCUT2D eigenvalue weighted by Crippen LogP contribution is -2.65. The van der Waals surface area contributed by atoms with Crippen molar-refractivity contribution in [1.82, 2.24) is 5.32 Å². The van der Waals surface area contributed by atoms with Crippen LogP contribution in [0.3, 0.4) is 0 Å². The number of amides is 1. The van der Waals surface area contributed by atoms with Crippen LogP contribution >= 0.6 is 0 Å². The first kappa shape index (κ1) is 70.8. The van der Waals surface area contributed by atoms with Crippen LogP contribution < -0.4 is 5.32 Å². The molecule has 450 valence electrons. The van der Waals surface area contributed by atoms with Gasteiger partial charge in [0.2, 0.25) is 5.91 Å². The molecule has 2 saturated heterocycles. The number of hydrogen-bond acceptors (Lipinski definition) is 13. The number of ether oxygens (including phenoxy) is 4. The SMILES string of the molecule is CCCCCCC/C=C/C(O)C(COC1OC(CO)C(OC2OC(CO)C(O)C(O)C2O)C(O)C1O)NC(=O)CCCCCCCCCCCCCCCCCCCCCCCCCCCCCCCCCCCCC. The van der Waals surface area contributed by atoms with E-state index in [0.29, 0.717) is 6.42 Å². The van der Waals surface area contributed by atoms with E-state index < -0.39 is 86.8 Å². The highest BCUT2D eigenvalue weighted by Gasteiger charge is 2.51. The van der Waals surface area contributed by atoms with E-state index in [-0.39, 0.29) is 18.9 Å². The van der Waals surface area contributed by atoms with Crippen LogP contribution in [0.4, 0.5) is 0 Å². The van der Waals surface area contributed by atoms with Crippen molar-refractivity contribution in [3.8, 4) is 0 Å². The smallest absolute Gasteiger partial charge is 0.220 e. The van der Waals surface area contributed by atoms with Gasteiger partial charge < -0.3 is 65.1 Å². The van der Waals surface area contributed by atoms with Gasteiger partial charge in [-0.2, -0.15) is 0 Å². The first-order valence-electron chi connectivity index (χ1n) is 31.9. The fourth-order valence-electron chi connectivity index (χ4n) is 10.8. The van der Waals surface area contributed by atoms with Gasteiger partial charge in [0, 0.05) is 6.42 Å². The molecular formula is C62H119NO13. The Hall–Kier alpha value is -1.27. The molecule has 0 saturated carbocycles. The van der Waals surface area contributed by atoms with Crippen LogP contribution in [0, 0.1) is 0 Å². The van der Waals surface area contributed by atoms with Gasteiger partial charge in [0.1, 0.15) is 48.8 Å². The number of allylic oxidation sites excluding steroid dienone is 1. The van der Waals surface area contributed by atoms with Crippen molar-refractivity contribution in [1.29, 1.82) is 0 Å². The van der Waals surface area contributed by atoms with Crippen molar-refractivity contribution in [2.45, 2.75) is 357 Å². The minimum absolute atomic E-state index is 0.238. The number of aliphatic hydroxyl groups excluding tert-OH is 8. The summed E-state index contributed by atoms with van der Waals surface area (Å²) >= 11 is 0. The molecule has 2 aliphatic heterocycles. The van der Waals surface area contributed by atoms with Crippen LogP contribution in [0.1, 0.15) is 284 Å². The molecule has 2 heterocycles. The first-order chi connectivity index (χ1) is 37.1. The van der Waals surface area contributed by atoms with Crippen molar-refractivity contribution in [3.05, 3.63) is 12.2 Å². The molecule has 1 amide bonds. The van der Waals surface area contributed by atoms with Crippen molar-refractivity contribution < 1.29 is 64.6 Å². The monoisotopic (exact) mass is 1090 g/mol. The van der Waals surface area contributed by atoms with Gasteiger partial charge in [-0.3, -0.25) is 4.79 Å². The number of nitrogens with one attached hydrogen (secondary N) is 1. The summed E-state index contributed by atoms with van der Waals surface area (Å²) in [5, 5.41) is 86.6. The minimum Gasteiger partial charge on any atom is -0.394 e. The van der Waals surface area contributed by atoms with E-state index in [1.165, 1.54) is 205 Å². The van der Waals surface area contributed by atoms with Crippen molar-refractivity contribution in [2.24, 2.45) is 0 Å². The van der Waals surface area contributed by atoms with E-state index in [9.17, 15) is 45.6 Å². The number of carbonyl (C=O) groups excluding carboxylic acids is 1. The van der Waals surface area contributed by atoms with Crippen LogP contribution in [0.15, 0.2) is 12.2 Å². The fraction of sp³-hybridized carbons (Fsp3) is 0.952. The molecule has 0 radical (unpaired) electrons. The Labute approximate surface area is 463 Å². The van der Waals surface area contributed by atoms with Crippen LogP contribution in [0.25, 0.3) is 0 Å². The van der Waals surface area contributed by atoms with Gasteiger partial charge in [-0.1, -0.05) is 270 Å². The Morgan fingerprint density at radius 3 is 1.21 bits per heavy atom. The number of unbranched alkanes of at least 4 members (excludes halogenated alkanes) is 39.